The third-order valence-corrected chi connectivity index (χ3v) is 13.3. The SMILES string of the molecule is Cc1nc2ccc(-c3cc(-c4ccc(C5CCC6(CCCCC6)CC5)cc4)ccn3)[c-]c2c2c1ccc1sc(-c3ccc(C(C)(C)C)cc3O)nc12.[Pt]. The van der Waals surface area contributed by atoms with Crippen molar-refractivity contribution < 1.29 is 26.2 Å². The molecule has 2 fully saturated rings. The van der Waals surface area contributed by atoms with E-state index in [1.165, 1.54) is 68.9 Å². The molecule has 4 nitrogen and oxygen atoms in total. The predicted octanol–water partition coefficient (Wildman–Crippen LogP) is 13.1. The molecule has 0 amide bonds. The number of hydrogen-bond acceptors (Lipinski definition) is 5. The van der Waals surface area contributed by atoms with Crippen LogP contribution in [0.25, 0.3) is 64.8 Å². The molecule has 0 aliphatic heterocycles. The number of nitrogens with zero attached hydrogens (tertiary/aromatic N) is 3. The molecular formula is C47H46N3OPtS-. The normalized spacial score (nSPS) is 16.4. The van der Waals surface area contributed by atoms with Crippen molar-refractivity contribution in [3.63, 3.8) is 0 Å². The third kappa shape index (κ3) is 6.74. The maximum atomic E-state index is 11.1. The minimum Gasteiger partial charge on any atom is -0.507 e. The van der Waals surface area contributed by atoms with Crippen LogP contribution < -0.4 is 0 Å². The van der Waals surface area contributed by atoms with E-state index in [0.717, 1.165) is 70.5 Å². The number of hydrogen-bond donors (Lipinski definition) is 1. The largest absolute Gasteiger partial charge is 0.507 e. The Hall–Kier alpha value is -3.92. The number of fused-ring (bicyclic) bond motifs is 5. The van der Waals surface area contributed by atoms with E-state index in [-0.39, 0.29) is 32.2 Å². The van der Waals surface area contributed by atoms with Crippen molar-refractivity contribution in [1.29, 1.82) is 0 Å². The van der Waals surface area contributed by atoms with E-state index < -0.39 is 0 Å². The number of benzene rings is 4. The summed E-state index contributed by atoms with van der Waals surface area (Å²) in [5.74, 6) is 0.948. The van der Waals surface area contributed by atoms with E-state index in [1.807, 2.05) is 18.3 Å². The zero-order valence-electron chi connectivity index (χ0n) is 31.0. The molecule has 7 aromatic rings. The van der Waals surface area contributed by atoms with Gasteiger partial charge in [0, 0.05) is 43.3 Å². The van der Waals surface area contributed by atoms with Crippen LogP contribution in [0.1, 0.15) is 101 Å². The van der Waals surface area contributed by atoms with Crippen LogP contribution in [0.2, 0.25) is 0 Å². The minimum absolute atomic E-state index is 0. The smallest absolute Gasteiger partial charge is 0.127 e. The first-order chi connectivity index (χ1) is 25.1. The summed E-state index contributed by atoms with van der Waals surface area (Å²) in [7, 11) is 0. The number of thiazole rings is 1. The molecule has 0 atom stereocenters. The molecule has 1 N–H and O–H groups in total. The van der Waals surface area contributed by atoms with E-state index >= 15 is 0 Å². The summed E-state index contributed by atoms with van der Waals surface area (Å²) < 4.78 is 1.07. The van der Waals surface area contributed by atoms with Gasteiger partial charge in [-0.1, -0.05) is 93.4 Å². The third-order valence-electron chi connectivity index (χ3n) is 12.2. The topological polar surface area (TPSA) is 58.9 Å². The summed E-state index contributed by atoms with van der Waals surface area (Å²) in [6, 6.07) is 31.8. The van der Waals surface area contributed by atoms with Gasteiger partial charge >= 0.3 is 0 Å². The number of phenolic OH excluding ortho intramolecular Hbond substituents is 1. The van der Waals surface area contributed by atoms with Crippen molar-refractivity contribution in [2.24, 2.45) is 5.41 Å². The van der Waals surface area contributed by atoms with Crippen molar-refractivity contribution in [3.8, 4) is 38.7 Å². The number of aryl methyl sites for hydroxylation is 1. The maximum absolute atomic E-state index is 11.1. The van der Waals surface area contributed by atoms with Gasteiger partial charge in [-0.05, 0) is 125 Å². The van der Waals surface area contributed by atoms with Gasteiger partial charge in [0.15, 0.2) is 0 Å². The number of phenols is 1. The van der Waals surface area contributed by atoms with Crippen LogP contribution in [0.15, 0.2) is 85.1 Å². The fourth-order valence-corrected chi connectivity index (χ4v) is 10.1. The Morgan fingerprint density at radius 1 is 0.811 bits per heavy atom. The Bertz CT molecular complexity index is 2460. The maximum Gasteiger partial charge on any atom is 0.127 e. The van der Waals surface area contributed by atoms with Crippen LogP contribution >= 0.6 is 11.3 Å². The second-order valence-corrected chi connectivity index (χ2v) is 17.6. The molecule has 4 aromatic carbocycles. The molecule has 0 unspecified atom stereocenters. The molecular weight excluding hydrogens is 850 g/mol. The average Bonchev–Trinajstić information content (AvgIpc) is 3.60. The Labute approximate surface area is 331 Å². The van der Waals surface area contributed by atoms with Gasteiger partial charge in [0.1, 0.15) is 10.8 Å². The first-order valence-electron chi connectivity index (χ1n) is 19.1. The summed E-state index contributed by atoms with van der Waals surface area (Å²) in [5.41, 5.74) is 10.9. The quantitative estimate of drug-likeness (QED) is 0.141. The van der Waals surface area contributed by atoms with E-state index in [9.17, 15) is 5.11 Å². The molecule has 2 aliphatic carbocycles. The number of aromatic nitrogens is 3. The molecule has 272 valence electrons. The van der Waals surface area contributed by atoms with Gasteiger partial charge in [0.05, 0.1) is 11.1 Å². The van der Waals surface area contributed by atoms with E-state index in [2.05, 4.69) is 100 Å². The van der Waals surface area contributed by atoms with Gasteiger partial charge in [-0.2, -0.15) is 0 Å². The van der Waals surface area contributed by atoms with Crippen LogP contribution in [0.5, 0.6) is 5.75 Å². The van der Waals surface area contributed by atoms with E-state index in [1.54, 1.807) is 11.3 Å². The van der Waals surface area contributed by atoms with Crippen LogP contribution in [0.3, 0.4) is 0 Å². The fourth-order valence-electron chi connectivity index (χ4n) is 9.07. The average molecular weight is 896 g/mol. The van der Waals surface area contributed by atoms with Crippen LogP contribution in [-0.2, 0) is 26.5 Å². The molecule has 9 rings (SSSR count). The van der Waals surface area contributed by atoms with Crippen molar-refractivity contribution in [1.82, 2.24) is 15.0 Å². The summed E-state index contributed by atoms with van der Waals surface area (Å²) in [5, 5.41) is 14.9. The monoisotopic (exact) mass is 895 g/mol. The number of aromatic hydroxyl groups is 1. The fraction of sp³-hybridized carbons (Fsp3) is 0.340. The standard InChI is InChI=1S/C47H46N3OS.Pt/c1-29-36-15-17-42-44(50-45(52-42)37-14-13-35(28-41(37)51)46(2,3)4)43(36)38-26-34(12-16-39(38)49-29)40-27-33(20-25-48-40)31-10-8-30(9-11-31)32-18-23-47(24-19-32)21-6-5-7-22-47;/h8-17,20,25,27-28,32,51H,5-7,18-19,21-24H2,1-4H3;/q-1;. The van der Waals surface area contributed by atoms with Gasteiger partial charge < -0.3 is 5.11 Å². The van der Waals surface area contributed by atoms with Crippen molar-refractivity contribution >= 4 is 43.2 Å². The van der Waals surface area contributed by atoms with Crippen molar-refractivity contribution in [2.75, 3.05) is 0 Å². The van der Waals surface area contributed by atoms with Crippen molar-refractivity contribution in [3.05, 3.63) is 108 Å². The predicted molar refractivity (Wildman–Crippen MR) is 217 cm³/mol. The number of rotatable bonds is 4. The Kier molecular flexibility index (Phi) is 9.57. The van der Waals surface area contributed by atoms with Gasteiger partial charge in [-0.3, -0.25) is 9.97 Å². The van der Waals surface area contributed by atoms with Gasteiger partial charge in [-0.15, -0.1) is 29.5 Å². The summed E-state index contributed by atoms with van der Waals surface area (Å²) >= 11 is 1.60. The van der Waals surface area contributed by atoms with Crippen LogP contribution in [0.4, 0.5) is 0 Å². The molecule has 1 spiro atoms. The van der Waals surface area contributed by atoms with Crippen LogP contribution in [0, 0.1) is 18.4 Å². The van der Waals surface area contributed by atoms with Gasteiger partial charge in [0.25, 0.3) is 0 Å². The molecule has 3 heterocycles. The second-order valence-electron chi connectivity index (χ2n) is 16.6. The molecule has 2 saturated carbocycles. The molecule has 0 radical (unpaired) electrons. The second kappa shape index (κ2) is 14.1. The minimum atomic E-state index is -0.0528. The number of pyridine rings is 2. The molecule has 0 saturated heterocycles. The van der Waals surface area contributed by atoms with E-state index in [0.29, 0.717) is 11.3 Å². The van der Waals surface area contributed by atoms with Crippen LogP contribution in [-0.4, -0.2) is 20.1 Å². The molecule has 53 heavy (non-hydrogen) atoms. The molecule has 0 bridgehead atoms. The van der Waals surface area contributed by atoms with Crippen molar-refractivity contribution in [2.45, 2.75) is 96.8 Å². The molecule has 6 heteroatoms. The van der Waals surface area contributed by atoms with Gasteiger partial charge in [0.2, 0.25) is 0 Å². The summed E-state index contributed by atoms with van der Waals surface area (Å²) in [6.07, 6.45) is 14.6. The molecule has 2 aliphatic rings. The summed E-state index contributed by atoms with van der Waals surface area (Å²) in [4.78, 5) is 15.0. The Morgan fingerprint density at radius 2 is 1.58 bits per heavy atom. The zero-order chi connectivity index (χ0) is 35.6. The Balaban J connectivity index is 0.00000400. The Morgan fingerprint density at radius 3 is 2.32 bits per heavy atom. The summed E-state index contributed by atoms with van der Waals surface area (Å²) in [6.45, 7) is 8.52. The molecule has 3 aromatic heterocycles. The zero-order valence-corrected chi connectivity index (χ0v) is 34.1. The van der Waals surface area contributed by atoms with E-state index in [4.69, 9.17) is 15.0 Å². The first-order valence-corrected chi connectivity index (χ1v) is 19.9. The van der Waals surface area contributed by atoms with Gasteiger partial charge in [-0.25, -0.2) is 4.98 Å². The first kappa shape index (κ1) is 36.1.